The van der Waals surface area contributed by atoms with Gasteiger partial charge in [-0.25, -0.2) is 14.5 Å². The Bertz CT molecular complexity index is 1650. The van der Waals surface area contributed by atoms with Crippen molar-refractivity contribution in [3.63, 3.8) is 0 Å². The zero-order valence-electron chi connectivity index (χ0n) is 26.2. The molecule has 4 aromatic rings. The largest absolute Gasteiger partial charge is 0.573 e. The second kappa shape index (κ2) is 14.4. The van der Waals surface area contributed by atoms with Crippen molar-refractivity contribution >= 4 is 28.6 Å². The number of nitrogens with one attached hydrogen (secondary N) is 1. The maximum absolute atomic E-state index is 12.9. The fourth-order valence-electron chi connectivity index (χ4n) is 5.30. The zero-order valence-corrected chi connectivity index (χ0v) is 27.0. The standard InChI is InChI=1S/C34H37F3N6O2S/c1-22(2)29-7-5-6-8-30(29)43-24(4)17-18-46-33(43)40-32(44)38-20-23(3)19-25-9-11-26(12-10-25)31-39-21-42(41-31)27-13-15-28(16-14-27)45-34(35,36)37/h5-16,21-24H,17-20H2,1-4H3,(H,38,44)/b40-33-. The highest BCUT2D eigenvalue weighted by Gasteiger charge is 2.31. The van der Waals surface area contributed by atoms with Crippen LogP contribution in [0.4, 0.5) is 23.7 Å². The van der Waals surface area contributed by atoms with Crippen LogP contribution in [0.1, 0.15) is 51.2 Å². The number of thioether (sulfide) groups is 1. The summed E-state index contributed by atoms with van der Waals surface area (Å²) in [6.07, 6.45) is -1.47. The average Bonchev–Trinajstić information content (AvgIpc) is 3.51. The van der Waals surface area contributed by atoms with E-state index in [2.05, 4.69) is 75.9 Å². The summed E-state index contributed by atoms with van der Waals surface area (Å²) in [5.74, 6) is 1.63. The molecule has 46 heavy (non-hydrogen) atoms. The first-order valence-corrected chi connectivity index (χ1v) is 16.2. The van der Waals surface area contributed by atoms with Gasteiger partial charge in [0.2, 0.25) is 0 Å². The molecule has 0 radical (unpaired) electrons. The smallest absolute Gasteiger partial charge is 0.406 e. The number of nitrogens with zero attached hydrogens (tertiary/aromatic N) is 5. The van der Waals surface area contributed by atoms with Gasteiger partial charge in [0.25, 0.3) is 0 Å². The average molecular weight is 651 g/mol. The molecule has 2 heterocycles. The summed E-state index contributed by atoms with van der Waals surface area (Å²) in [5.41, 5.74) is 4.80. The van der Waals surface area contributed by atoms with Gasteiger partial charge < -0.3 is 15.0 Å². The molecule has 1 fully saturated rings. The molecule has 1 N–H and O–H groups in total. The summed E-state index contributed by atoms with van der Waals surface area (Å²) in [4.78, 5) is 24.0. The molecule has 242 valence electrons. The number of amides is 2. The summed E-state index contributed by atoms with van der Waals surface area (Å²) in [7, 11) is 0. The van der Waals surface area contributed by atoms with Crippen LogP contribution in [0.5, 0.6) is 5.75 Å². The van der Waals surface area contributed by atoms with Crippen LogP contribution in [0, 0.1) is 5.92 Å². The molecule has 2 atom stereocenters. The van der Waals surface area contributed by atoms with Crippen LogP contribution in [0.25, 0.3) is 17.1 Å². The Morgan fingerprint density at radius 2 is 1.78 bits per heavy atom. The number of hydrogen-bond donors (Lipinski definition) is 1. The molecule has 0 spiro atoms. The van der Waals surface area contributed by atoms with E-state index in [0.29, 0.717) is 24.0 Å². The summed E-state index contributed by atoms with van der Waals surface area (Å²) in [6.45, 7) is 9.10. The van der Waals surface area contributed by atoms with Crippen molar-refractivity contribution in [1.82, 2.24) is 20.1 Å². The summed E-state index contributed by atoms with van der Waals surface area (Å²) < 4.78 is 42.7. The Morgan fingerprint density at radius 3 is 2.48 bits per heavy atom. The first kappa shape index (κ1) is 33.1. The first-order chi connectivity index (χ1) is 22.0. The van der Waals surface area contributed by atoms with Gasteiger partial charge in [-0.2, -0.15) is 4.99 Å². The van der Waals surface area contributed by atoms with Gasteiger partial charge in [-0.3, -0.25) is 0 Å². The number of aromatic nitrogens is 3. The lowest BCUT2D eigenvalue weighted by molar-refractivity contribution is -0.274. The number of anilines is 1. The van der Waals surface area contributed by atoms with Crippen molar-refractivity contribution in [3.8, 4) is 22.8 Å². The highest BCUT2D eigenvalue weighted by atomic mass is 32.2. The Hall–Kier alpha value is -4.32. The molecule has 0 bridgehead atoms. The molecular formula is C34H37F3N6O2S. The quantitative estimate of drug-likeness (QED) is 0.197. The van der Waals surface area contributed by atoms with Gasteiger partial charge in [0.1, 0.15) is 12.1 Å². The second-order valence-corrected chi connectivity index (χ2v) is 12.8. The maximum Gasteiger partial charge on any atom is 0.573 e. The van der Waals surface area contributed by atoms with Crippen LogP contribution in [0.3, 0.4) is 0 Å². The van der Waals surface area contributed by atoms with Gasteiger partial charge in [-0.1, -0.05) is 75.0 Å². The SMILES string of the molecule is CC(CNC(=O)/N=C1\SCCC(C)N1c1ccccc1C(C)C)Cc1ccc(-c2ncn(-c3ccc(OC(F)(F)F)cc3)n2)cc1. The van der Waals surface area contributed by atoms with E-state index in [9.17, 15) is 18.0 Å². The van der Waals surface area contributed by atoms with Gasteiger partial charge in [0.15, 0.2) is 11.0 Å². The van der Waals surface area contributed by atoms with Crippen molar-refractivity contribution in [1.29, 1.82) is 0 Å². The molecule has 0 saturated carbocycles. The number of para-hydroxylation sites is 1. The summed E-state index contributed by atoms with van der Waals surface area (Å²) >= 11 is 1.62. The number of amidine groups is 1. The Labute approximate surface area is 271 Å². The van der Waals surface area contributed by atoms with Crippen LogP contribution in [0.2, 0.25) is 0 Å². The fraction of sp³-hybridized carbons (Fsp3) is 0.353. The minimum absolute atomic E-state index is 0.173. The van der Waals surface area contributed by atoms with Crippen LogP contribution in [-0.4, -0.2) is 50.7 Å². The molecule has 5 rings (SSSR count). The van der Waals surface area contributed by atoms with Gasteiger partial charge in [0.05, 0.1) is 5.69 Å². The third kappa shape index (κ3) is 8.48. The monoisotopic (exact) mass is 650 g/mol. The lowest BCUT2D eigenvalue weighted by Gasteiger charge is -2.37. The van der Waals surface area contributed by atoms with Crippen molar-refractivity contribution in [2.24, 2.45) is 10.9 Å². The van der Waals surface area contributed by atoms with E-state index in [1.165, 1.54) is 40.8 Å². The summed E-state index contributed by atoms with van der Waals surface area (Å²) in [6, 6.07) is 21.5. The third-order valence-electron chi connectivity index (χ3n) is 7.65. The number of carbonyl (C=O) groups excluding carboxylic acids is 1. The summed E-state index contributed by atoms with van der Waals surface area (Å²) in [5, 5.41) is 8.19. The number of rotatable bonds is 9. The minimum atomic E-state index is -4.75. The molecule has 2 amide bonds. The van der Waals surface area contributed by atoms with E-state index in [0.717, 1.165) is 40.6 Å². The van der Waals surface area contributed by atoms with E-state index in [4.69, 9.17) is 0 Å². The normalized spacial score (nSPS) is 16.9. The molecule has 1 saturated heterocycles. The van der Waals surface area contributed by atoms with Gasteiger partial charge in [0, 0.05) is 29.6 Å². The molecule has 8 nitrogen and oxygen atoms in total. The topological polar surface area (TPSA) is 84.6 Å². The number of alkyl halides is 3. The van der Waals surface area contributed by atoms with Crippen molar-refractivity contribution in [3.05, 3.63) is 90.3 Å². The molecular weight excluding hydrogens is 613 g/mol. The Kier molecular flexibility index (Phi) is 10.4. The van der Waals surface area contributed by atoms with E-state index >= 15 is 0 Å². The predicted molar refractivity (Wildman–Crippen MR) is 177 cm³/mol. The van der Waals surface area contributed by atoms with Crippen LogP contribution in [0.15, 0.2) is 84.1 Å². The highest BCUT2D eigenvalue weighted by molar-refractivity contribution is 8.14. The predicted octanol–water partition coefficient (Wildman–Crippen LogP) is 8.23. The van der Waals surface area contributed by atoms with Gasteiger partial charge >= 0.3 is 12.4 Å². The maximum atomic E-state index is 12.9. The second-order valence-electron chi connectivity index (χ2n) is 11.7. The Morgan fingerprint density at radius 1 is 1.07 bits per heavy atom. The number of ether oxygens (including phenoxy) is 1. The molecule has 2 unspecified atom stereocenters. The van der Waals surface area contributed by atoms with Crippen molar-refractivity contribution < 1.29 is 22.7 Å². The molecule has 3 aromatic carbocycles. The van der Waals surface area contributed by atoms with Crippen molar-refractivity contribution in [2.45, 2.75) is 58.9 Å². The highest BCUT2D eigenvalue weighted by Crippen LogP contribution is 2.34. The number of carbonyl (C=O) groups is 1. The lowest BCUT2D eigenvalue weighted by atomic mass is 9.99. The number of aliphatic imine (C=N–C) groups is 1. The van der Waals surface area contributed by atoms with Crippen LogP contribution >= 0.6 is 11.8 Å². The van der Waals surface area contributed by atoms with E-state index in [-0.39, 0.29) is 23.7 Å². The van der Waals surface area contributed by atoms with Crippen LogP contribution < -0.4 is 15.0 Å². The van der Waals surface area contributed by atoms with E-state index < -0.39 is 6.36 Å². The zero-order chi connectivity index (χ0) is 32.8. The number of benzene rings is 3. The lowest BCUT2D eigenvalue weighted by Crippen LogP contribution is -2.43. The van der Waals surface area contributed by atoms with Crippen molar-refractivity contribution in [2.75, 3.05) is 17.2 Å². The van der Waals surface area contributed by atoms with Gasteiger partial charge in [-0.05, 0) is 73.1 Å². The Balaban J connectivity index is 1.16. The number of hydrogen-bond acceptors (Lipinski definition) is 5. The van der Waals surface area contributed by atoms with Crippen LogP contribution in [-0.2, 0) is 6.42 Å². The number of urea groups is 1. The number of halogens is 3. The van der Waals surface area contributed by atoms with E-state index in [1.807, 2.05) is 30.3 Å². The van der Waals surface area contributed by atoms with Gasteiger partial charge in [-0.15, -0.1) is 18.3 Å². The minimum Gasteiger partial charge on any atom is -0.406 e. The fourth-order valence-corrected chi connectivity index (χ4v) is 6.51. The first-order valence-electron chi connectivity index (χ1n) is 15.2. The molecule has 0 aliphatic carbocycles. The van der Waals surface area contributed by atoms with E-state index in [1.54, 1.807) is 11.8 Å². The molecule has 1 aromatic heterocycles. The molecule has 1 aliphatic heterocycles. The molecule has 12 heteroatoms. The third-order valence-corrected chi connectivity index (χ3v) is 8.64. The molecule has 1 aliphatic rings.